The summed E-state index contributed by atoms with van der Waals surface area (Å²) in [5.41, 5.74) is 4.20. The molecule has 0 radical (unpaired) electrons. The zero-order chi connectivity index (χ0) is 12.9. The number of hydrogen-bond acceptors (Lipinski definition) is 1. The van der Waals surface area contributed by atoms with Gasteiger partial charge in [-0.25, -0.2) is 0 Å². The van der Waals surface area contributed by atoms with Gasteiger partial charge < -0.3 is 5.11 Å². The Kier molecular flexibility index (Phi) is 5.19. The standard InChI is InChI=1S/C14H19ClOSi/c1-17(2,3)11-9-12(8-10-16)13-6-4-5-7-14(13)15/h4-9,11,16H,10H2,1-3H3. The topological polar surface area (TPSA) is 20.2 Å². The molecule has 0 aromatic heterocycles. The largest absolute Gasteiger partial charge is 0.392 e. The van der Waals surface area contributed by atoms with Gasteiger partial charge in [0.2, 0.25) is 0 Å². The maximum Gasteiger partial charge on any atom is 0.0687 e. The van der Waals surface area contributed by atoms with E-state index in [0.717, 1.165) is 11.1 Å². The van der Waals surface area contributed by atoms with Crippen molar-refractivity contribution in [1.29, 1.82) is 0 Å². The quantitative estimate of drug-likeness (QED) is 0.641. The SMILES string of the molecule is C[Si](C)(C)C=CC(=CCO)c1ccccc1Cl. The van der Waals surface area contributed by atoms with Gasteiger partial charge in [-0.05, 0) is 11.6 Å². The van der Waals surface area contributed by atoms with Crippen molar-refractivity contribution >= 4 is 25.2 Å². The number of allylic oxidation sites excluding steroid dienone is 2. The fraction of sp³-hybridized carbons (Fsp3) is 0.286. The van der Waals surface area contributed by atoms with E-state index < -0.39 is 8.07 Å². The summed E-state index contributed by atoms with van der Waals surface area (Å²) >= 11 is 6.16. The van der Waals surface area contributed by atoms with Crippen molar-refractivity contribution in [1.82, 2.24) is 0 Å². The van der Waals surface area contributed by atoms with E-state index in [1.807, 2.05) is 24.3 Å². The van der Waals surface area contributed by atoms with E-state index in [-0.39, 0.29) is 6.61 Å². The highest BCUT2D eigenvalue weighted by Crippen LogP contribution is 2.25. The lowest BCUT2D eigenvalue weighted by molar-refractivity contribution is 0.343. The van der Waals surface area contributed by atoms with Crippen molar-refractivity contribution in [2.75, 3.05) is 6.61 Å². The Balaban J connectivity index is 3.08. The van der Waals surface area contributed by atoms with E-state index in [1.165, 1.54) is 0 Å². The van der Waals surface area contributed by atoms with E-state index in [0.29, 0.717) is 5.02 Å². The molecule has 0 bridgehead atoms. The maximum atomic E-state index is 9.08. The average molecular weight is 267 g/mol. The highest BCUT2D eigenvalue weighted by Gasteiger charge is 2.09. The molecule has 0 aliphatic rings. The molecule has 92 valence electrons. The molecule has 3 heteroatoms. The van der Waals surface area contributed by atoms with Crippen molar-refractivity contribution in [2.24, 2.45) is 0 Å². The van der Waals surface area contributed by atoms with Crippen LogP contribution < -0.4 is 0 Å². The monoisotopic (exact) mass is 266 g/mol. The lowest BCUT2D eigenvalue weighted by Crippen LogP contribution is -2.15. The van der Waals surface area contributed by atoms with E-state index >= 15 is 0 Å². The fourth-order valence-corrected chi connectivity index (χ4v) is 2.33. The second-order valence-electron chi connectivity index (χ2n) is 5.02. The molecule has 1 N–H and O–H groups in total. The molecule has 17 heavy (non-hydrogen) atoms. The summed E-state index contributed by atoms with van der Waals surface area (Å²) < 4.78 is 0. The molecule has 0 atom stereocenters. The van der Waals surface area contributed by atoms with Crippen LogP contribution in [-0.2, 0) is 0 Å². The molecule has 1 nitrogen and oxygen atoms in total. The van der Waals surface area contributed by atoms with Crippen LogP contribution in [0.5, 0.6) is 0 Å². The molecule has 1 aromatic carbocycles. The third-order valence-corrected chi connectivity index (χ3v) is 3.76. The third-order valence-electron chi connectivity index (χ3n) is 2.26. The van der Waals surface area contributed by atoms with E-state index in [2.05, 4.69) is 31.4 Å². The molecule has 0 aliphatic carbocycles. The molecule has 1 rings (SSSR count). The van der Waals surface area contributed by atoms with Crippen molar-refractivity contribution in [3.63, 3.8) is 0 Å². The molecular weight excluding hydrogens is 248 g/mol. The number of rotatable bonds is 4. The molecule has 0 amide bonds. The molecule has 0 fully saturated rings. The Bertz CT molecular complexity index is 430. The lowest BCUT2D eigenvalue weighted by Gasteiger charge is -2.10. The van der Waals surface area contributed by atoms with Gasteiger partial charge in [-0.1, -0.05) is 67.3 Å². The first-order valence-electron chi connectivity index (χ1n) is 5.69. The Labute approximate surface area is 109 Å². The van der Waals surface area contributed by atoms with Gasteiger partial charge in [0, 0.05) is 10.6 Å². The summed E-state index contributed by atoms with van der Waals surface area (Å²) in [4.78, 5) is 0. The van der Waals surface area contributed by atoms with Crippen molar-refractivity contribution in [2.45, 2.75) is 19.6 Å². The van der Waals surface area contributed by atoms with Gasteiger partial charge in [0.05, 0.1) is 14.7 Å². The van der Waals surface area contributed by atoms with Crippen LogP contribution in [0.3, 0.4) is 0 Å². The molecule has 0 unspecified atom stereocenters. The number of hydrogen-bond donors (Lipinski definition) is 1. The zero-order valence-corrected chi connectivity index (χ0v) is 12.3. The van der Waals surface area contributed by atoms with Crippen molar-refractivity contribution in [3.05, 3.63) is 52.7 Å². The summed E-state index contributed by atoms with van der Waals surface area (Å²) in [6.45, 7) is 6.84. The maximum absolute atomic E-state index is 9.08. The van der Waals surface area contributed by atoms with Crippen LogP contribution in [-0.4, -0.2) is 19.8 Å². The summed E-state index contributed by atoms with van der Waals surface area (Å²) in [7, 11) is -1.25. The van der Waals surface area contributed by atoms with Crippen molar-refractivity contribution < 1.29 is 5.11 Å². The summed E-state index contributed by atoms with van der Waals surface area (Å²) in [6, 6.07) is 7.70. The summed E-state index contributed by atoms with van der Waals surface area (Å²) in [6.07, 6.45) is 3.86. The van der Waals surface area contributed by atoms with Gasteiger partial charge in [0.15, 0.2) is 0 Å². The third kappa shape index (κ3) is 4.90. The minimum absolute atomic E-state index is 0.0244. The predicted molar refractivity (Wildman–Crippen MR) is 79.0 cm³/mol. The number of aliphatic hydroxyl groups excluding tert-OH is 1. The fourth-order valence-electron chi connectivity index (χ4n) is 1.40. The van der Waals surface area contributed by atoms with Gasteiger partial charge in [0.25, 0.3) is 0 Å². The Morgan fingerprint density at radius 2 is 1.94 bits per heavy atom. The summed E-state index contributed by atoms with van der Waals surface area (Å²) in [5, 5.41) is 9.79. The number of aliphatic hydroxyl groups is 1. The van der Waals surface area contributed by atoms with Gasteiger partial charge in [-0.3, -0.25) is 0 Å². The molecule has 1 aromatic rings. The lowest BCUT2D eigenvalue weighted by atomic mass is 10.1. The molecule has 0 heterocycles. The van der Waals surface area contributed by atoms with Gasteiger partial charge in [-0.2, -0.15) is 0 Å². The number of benzene rings is 1. The highest BCUT2D eigenvalue weighted by atomic mass is 35.5. The average Bonchev–Trinajstić information content (AvgIpc) is 2.24. The van der Waals surface area contributed by atoms with Crippen LogP contribution in [0.2, 0.25) is 24.7 Å². The van der Waals surface area contributed by atoms with Gasteiger partial charge in [-0.15, -0.1) is 0 Å². The van der Waals surface area contributed by atoms with E-state index in [1.54, 1.807) is 6.08 Å². The van der Waals surface area contributed by atoms with Crippen LogP contribution >= 0.6 is 11.6 Å². The van der Waals surface area contributed by atoms with Crippen LogP contribution in [0.1, 0.15) is 5.56 Å². The highest BCUT2D eigenvalue weighted by molar-refractivity contribution is 6.81. The van der Waals surface area contributed by atoms with Crippen molar-refractivity contribution in [3.8, 4) is 0 Å². The second-order valence-corrected chi connectivity index (χ2v) is 10.5. The Morgan fingerprint density at radius 3 is 2.47 bits per heavy atom. The summed E-state index contributed by atoms with van der Waals surface area (Å²) in [5.74, 6) is 0. The predicted octanol–water partition coefficient (Wildman–Crippen LogP) is 4.15. The van der Waals surface area contributed by atoms with Crippen LogP contribution in [0.25, 0.3) is 5.57 Å². The normalized spacial score (nSPS) is 13.4. The van der Waals surface area contributed by atoms with Crippen LogP contribution in [0, 0.1) is 0 Å². The minimum Gasteiger partial charge on any atom is -0.392 e. The van der Waals surface area contributed by atoms with Crippen LogP contribution in [0.4, 0.5) is 0 Å². The van der Waals surface area contributed by atoms with E-state index in [4.69, 9.17) is 16.7 Å². The molecular formula is C14H19ClOSi. The molecule has 0 saturated heterocycles. The first-order chi connectivity index (χ1) is 7.94. The van der Waals surface area contributed by atoms with Crippen LogP contribution in [0.15, 0.2) is 42.1 Å². The molecule has 0 spiro atoms. The van der Waals surface area contributed by atoms with E-state index in [9.17, 15) is 0 Å². The zero-order valence-electron chi connectivity index (χ0n) is 10.6. The smallest absolute Gasteiger partial charge is 0.0687 e. The minimum atomic E-state index is -1.25. The molecule has 0 aliphatic heterocycles. The van der Waals surface area contributed by atoms with Gasteiger partial charge in [0.1, 0.15) is 0 Å². The first kappa shape index (κ1) is 14.2. The van der Waals surface area contributed by atoms with Gasteiger partial charge >= 0.3 is 0 Å². The first-order valence-corrected chi connectivity index (χ1v) is 9.65. The number of halogens is 1. The second kappa shape index (κ2) is 6.19. The Hall–Kier alpha value is -0.833. The molecule has 0 saturated carbocycles. The Morgan fingerprint density at radius 1 is 1.29 bits per heavy atom.